The molecule has 0 aliphatic rings. The largest absolute Gasteiger partial charge is 0.259 e. The second kappa shape index (κ2) is 6.08. The molecule has 1 N–H and O–H groups in total. The van der Waals surface area contributed by atoms with Gasteiger partial charge in [0, 0.05) is 16.3 Å². The first-order valence-corrected chi connectivity index (χ1v) is 6.95. The van der Waals surface area contributed by atoms with E-state index in [9.17, 15) is 0 Å². The lowest BCUT2D eigenvalue weighted by Gasteiger charge is -2.03. The van der Waals surface area contributed by atoms with Gasteiger partial charge < -0.3 is 0 Å². The van der Waals surface area contributed by atoms with Gasteiger partial charge in [-0.05, 0) is 6.07 Å². The van der Waals surface area contributed by atoms with Gasteiger partial charge in [0.1, 0.15) is 0 Å². The monoisotopic (exact) mass is 316 g/mol. The Morgan fingerprint density at radius 2 is 1.90 bits per heavy atom. The quantitative estimate of drug-likeness (QED) is 0.576. The van der Waals surface area contributed by atoms with Gasteiger partial charge in [-0.2, -0.15) is 10.2 Å². The first-order chi connectivity index (χ1) is 10.3. The number of nitrogens with zero attached hydrogens (tertiary/aromatic N) is 3. The Labute approximate surface area is 131 Å². The molecule has 0 saturated carbocycles. The number of nitrogens with one attached hydrogen (secondary N) is 1. The highest BCUT2D eigenvalue weighted by Crippen LogP contribution is 2.24. The smallest absolute Gasteiger partial charge is 0.176 e. The molecule has 0 aliphatic heterocycles. The molecule has 1 aromatic heterocycles. The standard InChI is InChI=1S/C15H10Cl2N4/c16-13-7-3-5-11(14(13)17)9-19-21-15-12-6-2-1-4-10(12)8-18-20-15/h1-9H,(H,20,21)/b19-9-. The Kier molecular flexibility index (Phi) is 3.99. The van der Waals surface area contributed by atoms with Crippen molar-refractivity contribution in [1.82, 2.24) is 10.2 Å². The molecule has 0 aliphatic carbocycles. The van der Waals surface area contributed by atoms with Crippen LogP contribution in [0.25, 0.3) is 10.8 Å². The van der Waals surface area contributed by atoms with Crippen LogP contribution in [-0.4, -0.2) is 16.4 Å². The van der Waals surface area contributed by atoms with E-state index in [0.29, 0.717) is 15.9 Å². The minimum atomic E-state index is 0.466. The highest BCUT2D eigenvalue weighted by Gasteiger charge is 2.03. The van der Waals surface area contributed by atoms with E-state index < -0.39 is 0 Å². The Balaban J connectivity index is 1.86. The topological polar surface area (TPSA) is 50.2 Å². The van der Waals surface area contributed by atoms with Crippen LogP contribution in [0.15, 0.2) is 53.8 Å². The summed E-state index contributed by atoms with van der Waals surface area (Å²) >= 11 is 12.0. The maximum atomic E-state index is 6.09. The number of hydrogen-bond acceptors (Lipinski definition) is 4. The molecule has 4 nitrogen and oxygen atoms in total. The molecule has 3 aromatic rings. The van der Waals surface area contributed by atoms with Crippen LogP contribution in [0, 0.1) is 0 Å². The van der Waals surface area contributed by atoms with Crippen molar-refractivity contribution in [3.8, 4) is 0 Å². The van der Waals surface area contributed by atoms with Crippen molar-refractivity contribution in [2.75, 3.05) is 5.43 Å². The third-order valence-corrected chi connectivity index (χ3v) is 3.76. The number of fused-ring (bicyclic) bond motifs is 1. The number of aromatic nitrogens is 2. The van der Waals surface area contributed by atoms with Gasteiger partial charge in [0.2, 0.25) is 0 Å². The predicted molar refractivity (Wildman–Crippen MR) is 87.2 cm³/mol. The van der Waals surface area contributed by atoms with Crippen molar-refractivity contribution in [1.29, 1.82) is 0 Å². The summed E-state index contributed by atoms with van der Waals surface area (Å²) < 4.78 is 0. The first kappa shape index (κ1) is 13.8. The van der Waals surface area contributed by atoms with E-state index in [-0.39, 0.29) is 0 Å². The predicted octanol–water partition coefficient (Wildman–Crippen LogP) is 4.38. The summed E-state index contributed by atoms with van der Waals surface area (Å²) in [5.41, 5.74) is 3.60. The highest BCUT2D eigenvalue weighted by molar-refractivity contribution is 6.43. The zero-order valence-corrected chi connectivity index (χ0v) is 12.3. The van der Waals surface area contributed by atoms with Gasteiger partial charge in [-0.15, -0.1) is 5.10 Å². The van der Waals surface area contributed by atoms with Crippen LogP contribution in [0.2, 0.25) is 10.0 Å². The van der Waals surface area contributed by atoms with Crippen LogP contribution in [0.1, 0.15) is 5.56 Å². The van der Waals surface area contributed by atoms with Gasteiger partial charge in [0.15, 0.2) is 5.82 Å². The Morgan fingerprint density at radius 3 is 2.81 bits per heavy atom. The summed E-state index contributed by atoms with van der Waals surface area (Å²) in [6.45, 7) is 0. The van der Waals surface area contributed by atoms with E-state index >= 15 is 0 Å². The summed E-state index contributed by atoms with van der Waals surface area (Å²) in [6, 6.07) is 13.2. The normalized spacial score (nSPS) is 11.1. The SMILES string of the molecule is Clc1cccc(/C=N\Nc2nncc3ccccc23)c1Cl. The number of halogens is 2. The fraction of sp³-hybridized carbons (Fsp3) is 0. The second-order valence-corrected chi connectivity index (χ2v) is 5.08. The molecule has 1 heterocycles. The number of anilines is 1. The van der Waals surface area contributed by atoms with Crippen LogP contribution in [0.5, 0.6) is 0 Å². The lowest BCUT2D eigenvalue weighted by Crippen LogP contribution is -1.96. The van der Waals surface area contributed by atoms with Crippen LogP contribution >= 0.6 is 23.2 Å². The highest BCUT2D eigenvalue weighted by atomic mass is 35.5. The third kappa shape index (κ3) is 2.96. The fourth-order valence-corrected chi connectivity index (χ4v) is 2.25. The van der Waals surface area contributed by atoms with Crippen LogP contribution in [0.4, 0.5) is 5.82 Å². The van der Waals surface area contributed by atoms with Crippen molar-refractivity contribution in [3.63, 3.8) is 0 Å². The van der Waals surface area contributed by atoms with Crippen molar-refractivity contribution in [2.45, 2.75) is 0 Å². The zero-order valence-electron chi connectivity index (χ0n) is 10.8. The van der Waals surface area contributed by atoms with E-state index in [1.807, 2.05) is 36.4 Å². The minimum Gasteiger partial charge on any atom is -0.259 e. The summed E-state index contributed by atoms with van der Waals surface area (Å²) in [6.07, 6.45) is 3.30. The maximum Gasteiger partial charge on any atom is 0.176 e. The average Bonchev–Trinajstić information content (AvgIpc) is 2.52. The molecule has 0 atom stereocenters. The molecule has 0 saturated heterocycles. The van der Waals surface area contributed by atoms with Gasteiger partial charge in [-0.3, -0.25) is 5.43 Å². The van der Waals surface area contributed by atoms with E-state index in [1.54, 1.807) is 18.5 Å². The van der Waals surface area contributed by atoms with Crippen molar-refractivity contribution < 1.29 is 0 Å². The summed E-state index contributed by atoms with van der Waals surface area (Å²) in [5, 5.41) is 15.0. The van der Waals surface area contributed by atoms with Gasteiger partial charge in [0.25, 0.3) is 0 Å². The number of hydrazone groups is 1. The first-order valence-electron chi connectivity index (χ1n) is 6.19. The van der Waals surface area contributed by atoms with Gasteiger partial charge >= 0.3 is 0 Å². The molecule has 104 valence electrons. The second-order valence-electron chi connectivity index (χ2n) is 4.29. The van der Waals surface area contributed by atoms with Crippen LogP contribution < -0.4 is 5.43 Å². The van der Waals surface area contributed by atoms with E-state index in [4.69, 9.17) is 23.2 Å². The molecular formula is C15H10Cl2N4. The molecule has 3 rings (SSSR count). The van der Waals surface area contributed by atoms with Crippen LogP contribution in [0.3, 0.4) is 0 Å². The molecule has 0 bridgehead atoms. The Bertz CT molecular complexity index is 812. The molecule has 2 aromatic carbocycles. The maximum absolute atomic E-state index is 6.09. The van der Waals surface area contributed by atoms with Gasteiger partial charge in [0.05, 0.1) is 22.5 Å². The van der Waals surface area contributed by atoms with Crippen molar-refractivity contribution in [3.05, 3.63) is 64.3 Å². The molecule has 0 fully saturated rings. The molecule has 6 heteroatoms. The zero-order chi connectivity index (χ0) is 14.7. The Morgan fingerprint density at radius 1 is 1.05 bits per heavy atom. The third-order valence-electron chi connectivity index (χ3n) is 2.93. The lowest BCUT2D eigenvalue weighted by atomic mass is 10.2. The van der Waals surface area contributed by atoms with Gasteiger partial charge in [-0.25, -0.2) is 0 Å². The van der Waals surface area contributed by atoms with E-state index in [2.05, 4.69) is 20.7 Å². The average molecular weight is 317 g/mol. The lowest BCUT2D eigenvalue weighted by molar-refractivity contribution is 1.04. The minimum absolute atomic E-state index is 0.466. The van der Waals surface area contributed by atoms with E-state index in [0.717, 1.165) is 16.3 Å². The fourth-order valence-electron chi connectivity index (χ4n) is 1.89. The summed E-state index contributed by atoms with van der Waals surface area (Å²) in [7, 11) is 0. The van der Waals surface area contributed by atoms with Crippen molar-refractivity contribution >= 4 is 46.0 Å². The Hall–Kier alpha value is -2.17. The number of rotatable bonds is 3. The molecule has 21 heavy (non-hydrogen) atoms. The number of hydrogen-bond donors (Lipinski definition) is 1. The molecule has 0 radical (unpaired) electrons. The molecule has 0 amide bonds. The van der Waals surface area contributed by atoms with Crippen molar-refractivity contribution in [2.24, 2.45) is 5.10 Å². The number of benzene rings is 2. The van der Waals surface area contributed by atoms with Gasteiger partial charge in [-0.1, -0.05) is 59.6 Å². The van der Waals surface area contributed by atoms with Crippen LogP contribution in [-0.2, 0) is 0 Å². The van der Waals surface area contributed by atoms with E-state index in [1.165, 1.54) is 0 Å². The summed E-state index contributed by atoms with van der Waals surface area (Å²) in [5.74, 6) is 0.586. The molecule has 0 spiro atoms. The molecular weight excluding hydrogens is 307 g/mol. The molecule has 0 unspecified atom stereocenters. The summed E-state index contributed by atoms with van der Waals surface area (Å²) in [4.78, 5) is 0.